The van der Waals surface area contributed by atoms with Gasteiger partial charge in [-0.3, -0.25) is 9.69 Å². The molecule has 0 bridgehead atoms. The summed E-state index contributed by atoms with van der Waals surface area (Å²) in [7, 11) is 0. The Morgan fingerprint density at radius 2 is 1.86 bits per heavy atom. The summed E-state index contributed by atoms with van der Waals surface area (Å²) in [6, 6.07) is 19.6. The molecule has 1 amide bonds. The zero-order chi connectivity index (χ0) is 20.4. The number of hydrogen-bond donors (Lipinski definition) is 0. The number of fused-ring (bicyclic) bond motifs is 1. The molecule has 3 aromatic carbocycles. The van der Waals surface area contributed by atoms with E-state index < -0.39 is 0 Å². The minimum Gasteiger partial charge on any atom is -0.488 e. The van der Waals surface area contributed by atoms with Crippen LogP contribution in [-0.4, -0.2) is 21.7 Å². The van der Waals surface area contributed by atoms with Crippen LogP contribution in [0.1, 0.15) is 18.1 Å². The summed E-state index contributed by atoms with van der Waals surface area (Å²) in [5.74, 6) is 0.637. The molecular weight excluding hydrogens is 422 g/mol. The van der Waals surface area contributed by atoms with E-state index in [9.17, 15) is 4.79 Å². The van der Waals surface area contributed by atoms with Gasteiger partial charge >= 0.3 is 0 Å². The Kier molecular flexibility index (Phi) is 5.90. The first kappa shape index (κ1) is 20.0. The summed E-state index contributed by atoms with van der Waals surface area (Å²) < 4.78 is 6.73. The summed E-state index contributed by atoms with van der Waals surface area (Å²) in [5.41, 5.74) is 1.78. The molecule has 1 aliphatic heterocycles. The van der Waals surface area contributed by atoms with Crippen molar-refractivity contribution in [1.29, 1.82) is 0 Å². The maximum absolute atomic E-state index is 12.7. The van der Waals surface area contributed by atoms with Gasteiger partial charge in [0.15, 0.2) is 0 Å². The highest BCUT2D eigenvalue weighted by Crippen LogP contribution is 2.37. The molecule has 3 aromatic rings. The zero-order valence-corrected chi connectivity index (χ0v) is 18.1. The van der Waals surface area contributed by atoms with E-state index in [-0.39, 0.29) is 5.91 Å². The number of carbonyl (C=O) groups excluding carboxylic acids is 1. The molecule has 0 atom stereocenters. The van der Waals surface area contributed by atoms with E-state index >= 15 is 0 Å². The molecule has 146 valence electrons. The summed E-state index contributed by atoms with van der Waals surface area (Å²) in [5, 5.41) is 2.76. The standard InChI is InChI=1S/C23H18ClNO2S2/c1-2-25-22(26)21(29-23(25)28)13-18-17-9-5-3-7-15(17)11-12-20(18)27-14-16-8-4-6-10-19(16)24/h3-13H,2,14H2,1H3/b21-13-. The summed E-state index contributed by atoms with van der Waals surface area (Å²) >= 11 is 12.9. The van der Waals surface area contributed by atoms with Crippen LogP contribution in [0.25, 0.3) is 16.8 Å². The number of thiocarbonyl (C=S) groups is 1. The minimum absolute atomic E-state index is 0.0625. The molecule has 0 N–H and O–H groups in total. The van der Waals surface area contributed by atoms with Crippen molar-refractivity contribution in [2.75, 3.05) is 6.54 Å². The van der Waals surface area contributed by atoms with Crippen LogP contribution in [0.5, 0.6) is 5.75 Å². The van der Waals surface area contributed by atoms with Crippen molar-refractivity contribution >= 4 is 62.7 Å². The predicted molar refractivity (Wildman–Crippen MR) is 125 cm³/mol. The molecule has 4 rings (SSSR count). The van der Waals surface area contributed by atoms with Gasteiger partial charge in [0.2, 0.25) is 0 Å². The van der Waals surface area contributed by atoms with E-state index in [2.05, 4.69) is 0 Å². The van der Waals surface area contributed by atoms with Crippen molar-refractivity contribution in [2.24, 2.45) is 0 Å². The molecule has 29 heavy (non-hydrogen) atoms. The van der Waals surface area contributed by atoms with Gasteiger partial charge < -0.3 is 4.74 Å². The van der Waals surface area contributed by atoms with Crippen molar-refractivity contribution < 1.29 is 9.53 Å². The normalized spacial score (nSPS) is 15.5. The van der Waals surface area contributed by atoms with Gasteiger partial charge in [-0.15, -0.1) is 0 Å². The third-order valence-electron chi connectivity index (χ3n) is 4.74. The Hall–Kier alpha value is -2.34. The number of nitrogens with zero attached hydrogens (tertiary/aromatic N) is 1. The van der Waals surface area contributed by atoms with Crippen LogP contribution in [0.4, 0.5) is 0 Å². The Balaban J connectivity index is 1.76. The average Bonchev–Trinajstić information content (AvgIpc) is 3.00. The number of benzene rings is 3. The number of hydrogen-bond acceptors (Lipinski definition) is 4. The van der Waals surface area contributed by atoms with Gasteiger partial charge in [-0.05, 0) is 35.9 Å². The van der Waals surface area contributed by atoms with Crippen LogP contribution in [0.2, 0.25) is 5.02 Å². The predicted octanol–water partition coefficient (Wildman–Crippen LogP) is 6.29. The molecule has 1 fully saturated rings. The maximum Gasteiger partial charge on any atom is 0.266 e. The smallest absolute Gasteiger partial charge is 0.266 e. The van der Waals surface area contributed by atoms with E-state index in [1.165, 1.54) is 11.8 Å². The van der Waals surface area contributed by atoms with Gasteiger partial charge in [0, 0.05) is 22.7 Å². The van der Waals surface area contributed by atoms with Crippen LogP contribution in [-0.2, 0) is 11.4 Å². The lowest BCUT2D eigenvalue weighted by atomic mass is 10.0. The van der Waals surface area contributed by atoms with Gasteiger partial charge in [-0.1, -0.05) is 84.1 Å². The number of thioether (sulfide) groups is 1. The summed E-state index contributed by atoms with van der Waals surface area (Å²) in [4.78, 5) is 14.9. The maximum atomic E-state index is 12.7. The van der Waals surface area contributed by atoms with Crippen molar-refractivity contribution in [3.05, 3.63) is 81.7 Å². The molecule has 1 saturated heterocycles. The van der Waals surface area contributed by atoms with Gasteiger partial charge in [-0.25, -0.2) is 0 Å². The fraction of sp³-hybridized carbons (Fsp3) is 0.130. The molecule has 1 aliphatic rings. The van der Waals surface area contributed by atoms with E-state index in [1.807, 2.05) is 73.7 Å². The van der Waals surface area contributed by atoms with Crippen molar-refractivity contribution in [1.82, 2.24) is 4.90 Å². The molecule has 0 aromatic heterocycles. The molecule has 1 heterocycles. The lowest BCUT2D eigenvalue weighted by Gasteiger charge is -2.13. The van der Waals surface area contributed by atoms with Crippen molar-refractivity contribution in [3.8, 4) is 5.75 Å². The number of likely N-dealkylation sites (N-methyl/N-ethyl adjacent to an activating group) is 1. The Labute approximate surface area is 184 Å². The number of halogens is 1. The number of carbonyl (C=O) groups is 1. The summed E-state index contributed by atoms with van der Waals surface area (Å²) in [6.07, 6.45) is 1.89. The first-order chi connectivity index (χ1) is 14.1. The lowest BCUT2D eigenvalue weighted by Crippen LogP contribution is -2.27. The van der Waals surface area contributed by atoms with Gasteiger partial charge in [0.05, 0.1) is 4.91 Å². The highest BCUT2D eigenvalue weighted by Gasteiger charge is 2.31. The quantitative estimate of drug-likeness (QED) is 0.345. The second-order valence-electron chi connectivity index (χ2n) is 6.50. The van der Waals surface area contributed by atoms with E-state index in [0.29, 0.717) is 33.1 Å². The topological polar surface area (TPSA) is 29.5 Å². The van der Waals surface area contributed by atoms with E-state index in [0.717, 1.165) is 21.9 Å². The third-order valence-corrected chi connectivity index (χ3v) is 6.48. The molecule has 0 saturated carbocycles. The first-order valence-corrected chi connectivity index (χ1v) is 10.8. The minimum atomic E-state index is -0.0625. The lowest BCUT2D eigenvalue weighted by molar-refractivity contribution is -0.121. The molecule has 0 aliphatic carbocycles. The molecule has 3 nitrogen and oxygen atoms in total. The third kappa shape index (κ3) is 4.04. The van der Waals surface area contributed by atoms with E-state index in [4.69, 9.17) is 28.6 Å². The van der Waals surface area contributed by atoms with Crippen LogP contribution >= 0.6 is 35.6 Å². The molecular formula is C23H18ClNO2S2. The zero-order valence-electron chi connectivity index (χ0n) is 15.7. The van der Waals surface area contributed by atoms with Crippen LogP contribution in [0.15, 0.2) is 65.6 Å². The largest absolute Gasteiger partial charge is 0.488 e. The van der Waals surface area contributed by atoms with Crippen LogP contribution in [0.3, 0.4) is 0 Å². The second kappa shape index (κ2) is 8.57. The molecule has 0 radical (unpaired) electrons. The monoisotopic (exact) mass is 439 g/mol. The number of ether oxygens (including phenoxy) is 1. The fourth-order valence-electron chi connectivity index (χ4n) is 3.23. The van der Waals surface area contributed by atoms with Crippen LogP contribution in [0, 0.1) is 0 Å². The van der Waals surface area contributed by atoms with Crippen LogP contribution < -0.4 is 4.74 Å². The van der Waals surface area contributed by atoms with Gasteiger partial charge in [-0.2, -0.15) is 0 Å². The summed E-state index contributed by atoms with van der Waals surface area (Å²) in [6.45, 7) is 2.83. The average molecular weight is 440 g/mol. The Morgan fingerprint density at radius 1 is 1.10 bits per heavy atom. The number of amides is 1. The highest BCUT2D eigenvalue weighted by atomic mass is 35.5. The van der Waals surface area contributed by atoms with Crippen molar-refractivity contribution in [2.45, 2.75) is 13.5 Å². The molecule has 0 spiro atoms. The Morgan fingerprint density at radius 3 is 2.62 bits per heavy atom. The molecule has 6 heteroatoms. The van der Waals surface area contributed by atoms with Crippen molar-refractivity contribution in [3.63, 3.8) is 0 Å². The van der Waals surface area contributed by atoms with E-state index in [1.54, 1.807) is 4.90 Å². The Bertz CT molecular complexity index is 1140. The fourth-order valence-corrected chi connectivity index (χ4v) is 4.78. The second-order valence-corrected chi connectivity index (χ2v) is 8.59. The SMILES string of the molecule is CCN1C(=O)/C(=C/c2c(OCc3ccccc3Cl)ccc3ccccc23)SC1=S. The number of rotatable bonds is 5. The van der Waals surface area contributed by atoms with Gasteiger partial charge in [0.1, 0.15) is 16.7 Å². The first-order valence-electron chi connectivity index (χ1n) is 9.22. The van der Waals surface area contributed by atoms with Gasteiger partial charge in [0.25, 0.3) is 5.91 Å². The highest BCUT2D eigenvalue weighted by molar-refractivity contribution is 8.26. The molecule has 0 unspecified atom stereocenters.